The van der Waals surface area contributed by atoms with Crippen LogP contribution in [0.4, 0.5) is 27.2 Å². The van der Waals surface area contributed by atoms with Gasteiger partial charge in [0.15, 0.2) is 0 Å². The molecule has 0 aromatic carbocycles. The van der Waals surface area contributed by atoms with Crippen molar-refractivity contribution in [2.24, 2.45) is 0 Å². The summed E-state index contributed by atoms with van der Waals surface area (Å²) < 4.78 is 13.8. The Kier molecular flexibility index (Phi) is 7.32. The van der Waals surface area contributed by atoms with Crippen LogP contribution in [0.5, 0.6) is 0 Å². The van der Waals surface area contributed by atoms with E-state index in [1.807, 2.05) is 37.8 Å². The summed E-state index contributed by atoms with van der Waals surface area (Å²) in [6, 6.07) is 7.41. The lowest BCUT2D eigenvalue weighted by Gasteiger charge is -2.43. The summed E-state index contributed by atoms with van der Waals surface area (Å²) in [7, 11) is 3.51. The van der Waals surface area contributed by atoms with Crippen LogP contribution in [-0.2, 0) is 9.47 Å². The first kappa shape index (κ1) is 30.2. The number of anilines is 3. The number of piperidine rings is 1. The zero-order valence-corrected chi connectivity index (χ0v) is 27.2. The molecule has 0 radical (unpaired) electrons. The maximum absolute atomic E-state index is 13.2. The van der Waals surface area contributed by atoms with Crippen LogP contribution in [0.3, 0.4) is 0 Å². The van der Waals surface area contributed by atoms with E-state index in [9.17, 15) is 14.4 Å². The Morgan fingerprint density at radius 2 is 1.76 bits per heavy atom. The second kappa shape index (κ2) is 11.1. The standard InChI is InChI=1S/C33H42N8O5/c1-32(2,3)45-31(44)40-22-13-14-23(40)17-33(16-22)19-39(30(43)46-33)26-12-8-11-25(35-26)36-29-34-18-20-15-24(28(42)38(4)5)41(27(20)37-29)21-9-6-7-10-21/h8,11-12,15,18,21-23H,6-7,9-10,13-14,16-17,19H2,1-5H3,(H,34,35,36,37)/t22-,23+,33?. The van der Waals surface area contributed by atoms with Gasteiger partial charge in [-0.15, -0.1) is 0 Å². The number of ether oxygens (including phenoxy) is 2. The third-order valence-electron chi connectivity index (χ3n) is 9.55. The average molecular weight is 631 g/mol. The molecule has 4 aliphatic rings. The van der Waals surface area contributed by atoms with Crippen LogP contribution in [-0.4, -0.2) is 91.3 Å². The first-order valence-corrected chi connectivity index (χ1v) is 16.3. The van der Waals surface area contributed by atoms with Crippen molar-refractivity contribution in [1.82, 2.24) is 29.3 Å². The molecule has 3 aromatic rings. The first-order valence-electron chi connectivity index (χ1n) is 16.3. The summed E-state index contributed by atoms with van der Waals surface area (Å²) in [5.41, 5.74) is 0.0695. The molecule has 13 nitrogen and oxygen atoms in total. The molecule has 1 unspecified atom stereocenters. The fourth-order valence-electron chi connectivity index (χ4n) is 7.68. The lowest BCUT2D eigenvalue weighted by molar-refractivity contribution is -0.0424. The number of fused-ring (bicyclic) bond motifs is 3. The van der Waals surface area contributed by atoms with Gasteiger partial charge in [0.05, 0.1) is 6.54 Å². The van der Waals surface area contributed by atoms with Gasteiger partial charge in [0.25, 0.3) is 5.91 Å². The molecule has 1 saturated carbocycles. The van der Waals surface area contributed by atoms with Crippen molar-refractivity contribution in [3.05, 3.63) is 36.2 Å². The van der Waals surface area contributed by atoms with Crippen molar-refractivity contribution in [2.45, 2.75) is 101 Å². The Morgan fingerprint density at radius 1 is 1.04 bits per heavy atom. The largest absolute Gasteiger partial charge is 0.444 e. The van der Waals surface area contributed by atoms with E-state index in [0.29, 0.717) is 48.3 Å². The molecule has 1 spiro atoms. The summed E-state index contributed by atoms with van der Waals surface area (Å²) in [6.45, 7) is 5.97. The molecule has 6 heterocycles. The zero-order valence-electron chi connectivity index (χ0n) is 27.2. The maximum Gasteiger partial charge on any atom is 0.416 e. The molecule has 1 aliphatic carbocycles. The fraction of sp³-hybridized carbons (Fsp3) is 0.576. The van der Waals surface area contributed by atoms with E-state index in [4.69, 9.17) is 19.4 Å². The predicted octanol–water partition coefficient (Wildman–Crippen LogP) is 5.64. The van der Waals surface area contributed by atoms with E-state index in [1.54, 1.807) is 42.2 Å². The van der Waals surface area contributed by atoms with E-state index in [-0.39, 0.29) is 30.1 Å². The Hall–Kier alpha value is -4.42. The Balaban J connectivity index is 1.10. The third-order valence-corrected chi connectivity index (χ3v) is 9.55. The van der Waals surface area contributed by atoms with E-state index < -0.39 is 17.3 Å². The normalized spacial score (nSPS) is 24.6. The molecule has 13 heteroatoms. The molecular formula is C33H42N8O5. The van der Waals surface area contributed by atoms with Crippen molar-refractivity contribution in [1.29, 1.82) is 0 Å². The van der Waals surface area contributed by atoms with Crippen LogP contribution < -0.4 is 10.2 Å². The van der Waals surface area contributed by atoms with Crippen molar-refractivity contribution in [3.63, 3.8) is 0 Å². The number of nitrogens with zero attached hydrogens (tertiary/aromatic N) is 7. The summed E-state index contributed by atoms with van der Waals surface area (Å²) in [6.07, 6.45) is 8.08. The number of amides is 3. The van der Waals surface area contributed by atoms with Gasteiger partial charge in [-0.3, -0.25) is 9.69 Å². The van der Waals surface area contributed by atoms with Gasteiger partial charge in [-0.05, 0) is 64.7 Å². The van der Waals surface area contributed by atoms with Gasteiger partial charge < -0.3 is 29.2 Å². The van der Waals surface area contributed by atoms with E-state index in [1.165, 1.54) is 0 Å². The van der Waals surface area contributed by atoms with Crippen molar-refractivity contribution < 1.29 is 23.9 Å². The summed E-state index contributed by atoms with van der Waals surface area (Å²) in [5.74, 6) is 1.23. The molecule has 244 valence electrons. The minimum Gasteiger partial charge on any atom is -0.444 e. The Morgan fingerprint density at radius 3 is 2.43 bits per heavy atom. The van der Waals surface area contributed by atoms with Crippen LogP contribution in [0.25, 0.3) is 11.0 Å². The van der Waals surface area contributed by atoms with Crippen LogP contribution >= 0.6 is 0 Å². The molecule has 4 fully saturated rings. The Labute approximate surface area is 268 Å². The number of aromatic nitrogens is 4. The highest BCUT2D eigenvalue weighted by Crippen LogP contribution is 2.46. The number of hydrogen-bond donors (Lipinski definition) is 1. The molecular weight excluding hydrogens is 588 g/mol. The minimum absolute atomic E-state index is 0.0360. The van der Waals surface area contributed by atoms with Crippen molar-refractivity contribution in [2.75, 3.05) is 30.9 Å². The van der Waals surface area contributed by atoms with Gasteiger partial charge in [0, 0.05) is 56.6 Å². The molecule has 2 bridgehead atoms. The molecule has 46 heavy (non-hydrogen) atoms. The quantitative estimate of drug-likeness (QED) is 0.380. The second-order valence-electron chi connectivity index (χ2n) is 14.3. The van der Waals surface area contributed by atoms with Gasteiger partial charge >= 0.3 is 12.2 Å². The van der Waals surface area contributed by atoms with Crippen LogP contribution in [0.15, 0.2) is 30.5 Å². The molecule has 3 aromatic heterocycles. The molecule has 7 rings (SSSR count). The number of carbonyl (C=O) groups is 3. The van der Waals surface area contributed by atoms with Crippen LogP contribution in [0, 0.1) is 0 Å². The molecule has 3 saturated heterocycles. The average Bonchev–Trinajstić information content (AvgIpc) is 3.76. The fourth-order valence-corrected chi connectivity index (χ4v) is 7.68. The van der Waals surface area contributed by atoms with Crippen LogP contribution in [0.2, 0.25) is 0 Å². The molecule has 3 aliphatic heterocycles. The summed E-state index contributed by atoms with van der Waals surface area (Å²) in [5, 5.41) is 4.01. The topological polar surface area (TPSA) is 135 Å². The van der Waals surface area contributed by atoms with Crippen molar-refractivity contribution in [3.8, 4) is 0 Å². The lowest BCUT2D eigenvalue weighted by Crippen LogP contribution is -2.55. The van der Waals surface area contributed by atoms with Gasteiger partial charge in [-0.25, -0.2) is 19.6 Å². The molecule has 1 N–H and O–H groups in total. The number of hydrogen-bond acceptors (Lipinski definition) is 9. The van der Waals surface area contributed by atoms with Gasteiger partial charge in [-0.2, -0.15) is 4.98 Å². The lowest BCUT2D eigenvalue weighted by atomic mass is 9.86. The highest BCUT2D eigenvalue weighted by atomic mass is 16.6. The summed E-state index contributed by atoms with van der Waals surface area (Å²) >= 11 is 0. The van der Waals surface area contributed by atoms with Crippen LogP contribution in [0.1, 0.15) is 88.7 Å². The SMILES string of the molecule is CN(C)C(=O)c1cc2cnc(Nc3cccc(N4CC5(C[C@H]6CC[C@@H](C5)N6C(=O)OC(C)(C)C)OC4=O)n3)nc2n1C1CCCC1. The van der Waals surface area contributed by atoms with Gasteiger partial charge in [-0.1, -0.05) is 18.9 Å². The Bertz CT molecular complexity index is 1680. The number of rotatable bonds is 5. The first-order chi connectivity index (χ1) is 21.9. The molecule has 3 atom stereocenters. The van der Waals surface area contributed by atoms with Crippen molar-refractivity contribution >= 4 is 46.7 Å². The minimum atomic E-state index is -0.686. The van der Waals surface area contributed by atoms with E-state index in [0.717, 1.165) is 43.9 Å². The number of pyridine rings is 1. The monoisotopic (exact) mass is 630 g/mol. The maximum atomic E-state index is 13.2. The third kappa shape index (κ3) is 5.49. The molecule has 3 amide bonds. The summed E-state index contributed by atoms with van der Waals surface area (Å²) in [4.78, 5) is 58.4. The zero-order chi connectivity index (χ0) is 32.4. The number of nitrogens with one attached hydrogen (secondary N) is 1. The predicted molar refractivity (Wildman–Crippen MR) is 171 cm³/mol. The van der Waals surface area contributed by atoms with Gasteiger partial charge in [0.2, 0.25) is 5.95 Å². The van der Waals surface area contributed by atoms with E-state index >= 15 is 0 Å². The highest BCUT2D eigenvalue weighted by molar-refractivity contribution is 5.98. The van der Waals surface area contributed by atoms with E-state index in [2.05, 4.69) is 14.9 Å². The van der Waals surface area contributed by atoms with Gasteiger partial charge in [0.1, 0.15) is 34.2 Å². The second-order valence-corrected chi connectivity index (χ2v) is 14.3. The smallest absolute Gasteiger partial charge is 0.416 e. The number of carbonyl (C=O) groups excluding carboxylic acids is 3. The highest BCUT2D eigenvalue weighted by Gasteiger charge is 2.57.